The number of rotatable bonds is 7. The second-order valence-corrected chi connectivity index (χ2v) is 15.8. The van der Waals surface area contributed by atoms with Gasteiger partial charge in [-0.15, -0.1) is 10.2 Å². The highest BCUT2D eigenvalue weighted by atomic mass is 16.3. The molecule has 6 aliphatic rings. The smallest absolute Gasteiger partial charge is 0.262 e. The zero-order valence-corrected chi connectivity index (χ0v) is 30.4. The molecule has 0 bridgehead atoms. The number of nitrogens with zero attached hydrogens (tertiary/aromatic N) is 6. The molecule has 4 amide bonds. The van der Waals surface area contributed by atoms with Gasteiger partial charge in [0.2, 0.25) is 11.8 Å². The first-order chi connectivity index (χ1) is 26.3. The van der Waals surface area contributed by atoms with Gasteiger partial charge < -0.3 is 30.4 Å². The first-order valence-corrected chi connectivity index (χ1v) is 19.5. The number of phenolic OH excluding ortho intramolecular Hbond substituents is 1. The summed E-state index contributed by atoms with van der Waals surface area (Å²) in [4.78, 5) is 58.9. The molecule has 3 unspecified atom stereocenters. The normalized spacial score (nSPS) is 25.3. The Morgan fingerprint density at radius 3 is 2.37 bits per heavy atom. The first kappa shape index (κ1) is 34.7. The Kier molecular flexibility index (Phi) is 9.18. The number of benzene rings is 2. The van der Waals surface area contributed by atoms with Gasteiger partial charge in [0, 0.05) is 68.5 Å². The number of phenols is 1. The fourth-order valence-electron chi connectivity index (χ4n) is 9.49. The van der Waals surface area contributed by atoms with Crippen molar-refractivity contribution in [1.29, 1.82) is 0 Å². The van der Waals surface area contributed by atoms with E-state index in [1.165, 1.54) is 0 Å². The molecule has 3 atom stereocenters. The molecule has 54 heavy (non-hydrogen) atoms. The molecule has 4 N–H and O–H groups in total. The molecule has 14 heteroatoms. The molecule has 3 aromatic rings. The molecule has 1 aromatic heterocycles. The van der Waals surface area contributed by atoms with Crippen molar-refractivity contribution in [1.82, 2.24) is 30.6 Å². The molecule has 0 spiro atoms. The Balaban J connectivity index is 0.731. The van der Waals surface area contributed by atoms with Crippen LogP contribution >= 0.6 is 0 Å². The van der Waals surface area contributed by atoms with Crippen LogP contribution < -0.4 is 25.8 Å². The SMILES string of the molecule is O=C1CCC(N2C(=O)c3ccc(N4CCC(CN5CCC(NC6CCN7c8cc(-c9ccccc9O)nnc8NCC7C6)CC5)CC4)cc3C2=O)C(=O)N1. The fourth-order valence-corrected chi connectivity index (χ4v) is 9.49. The van der Waals surface area contributed by atoms with E-state index in [0.717, 1.165) is 106 Å². The van der Waals surface area contributed by atoms with Crippen LogP contribution in [0.5, 0.6) is 5.75 Å². The lowest BCUT2D eigenvalue weighted by Crippen LogP contribution is -2.56. The number of piperidine rings is 4. The standard InChI is InChI=1S/C40H47N9O5/c50-35-4-2-1-3-30(35)32-21-34-37(45-44-32)41-22-28-19-26(13-18-48(28)34)42-25-11-14-46(15-12-25)23-24-9-16-47(17-10-24)27-5-6-29-31(20-27)40(54)49(39(29)53)33-7-8-36(51)43-38(33)52/h1-6,20-21,24-26,28,33,42,50H,7-19,22-23H2,(H,41,45)(H,43,51,52). The minimum Gasteiger partial charge on any atom is -0.507 e. The number of carbonyl (C=O) groups excluding carboxylic acids is 4. The van der Waals surface area contributed by atoms with Gasteiger partial charge >= 0.3 is 0 Å². The molecule has 0 radical (unpaired) electrons. The summed E-state index contributed by atoms with van der Waals surface area (Å²) < 4.78 is 0. The average Bonchev–Trinajstić information content (AvgIpc) is 3.43. The summed E-state index contributed by atoms with van der Waals surface area (Å²) in [5.74, 6) is -0.259. The number of amides is 4. The molecule has 4 saturated heterocycles. The highest BCUT2D eigenvalue weighted by Gasteiger charge is 2.45. The van der Waals surface area contributed by atoms with E-state index in [1.54, 1.807) is 18.2 Å². The number of imide groups is 2. The van der Waals surface area contributed by atoms with Gasteiger partial charge in [-0.05, 0) is 100 Å². The van der Waals surface area contributed by atoms with Gasteiger partial charge in [0.05, 0.1) is 22.5 Å². The van der Waals surface area contributed by atoms with Crippen LogP contribution in [-0.2, 0) is 9.59 Å². The van der Waals surface area contributed by atoms with Crippen molar-refractivity contribution in [2.24, 2.45) is 5.92 Å². The summed E-state index contributed by atoms with van der Waals surface area (Å²) in [5, 5.41) is 29.0. The third-order valence-electron chi connectivity index (χ3n) is 12.5. The molecule has 0 saturated carbocycles. The molecule has 7 heterocycles. The average molecular weight is 734 g/mol. The monoisotopic (exact) mass is 733 g/mol. The van der Waals surface area contributed by atoms with E-state index in [9.17, 15) is 24.3 Å². The number of para-hydroxylation sites is 1. The lowest BCUT2D eigenvalue weighted by atomic mass is 9.92. The largest absolute Gasteiger partial charge is 0.507 e. The molecule has 14 nitrogen and oxygen atoms in total. The van der Waals surface area contributed by atoms with Gasteiger partial charge in [-0.25, -0.2) is 0 Å². The number of carbonyl (C=O) groups is 4. The number of likely N-dealkylation sites (tertiary alicyclic amines) is 1. The third-order valence-corrected chi connectivity index (χ3v) is 12.5. The Hall–Kier alpha value is -5.08. The van der Waals surface area contributed by atoms with Crippen molar-refractivity contribution in [3.05, 3.63) is 59.7 Å². The molecule has 9 rings (SSSR count). The number of aromatic hydroxyl groups is 1. The van der Waals surface area contributed by atoms with E-state index in [-0.39, 0.29) is 24.5 Å². The van der Waals surface area contributed by atoms with Crippen LogP contribution in [0.2, 0.25) is 0 Å². The number of nitrogens with one attached hydrogen (secondary N) is 3. The van der Waals surface area contributed by atoms with E-state index >= 15 is 0 Å². The zero-order valence-electron chi connectivity index (χ0n) is 30.4. The Morgan fingerprint density at radius 2 is 1.57 bits per heavy atom. The van der Waals surface area contributed by atoms with Crippen LogP contribution in [-0.4, -0.2) is 119 Å². The quantitative estimate of drug-likeness (QED) is 0.263. The van der Waals surface area contributed by atoms with Gasteiger partial charge in [-0.3, -0.25) is 29.4 Å². The van der Waals surface area contributed by atoms with Crippen LogP contribution in [0.4, 0.5) is 17.2 Å². The molecule has 282 valence electrons. The Morgan fingerprint density at radius 1 is 0.796 bits per heavy atom. The molecular formula is C40H47N9O5. The lowest BCUT2D eigenvalue weighted by Gasteiger charge is -2.46. The molecule has 4 fully saturated rings. The number of fused-ring (bicyclic) bond motifs is 4. The summed E-state index contributed by atoms with van der Waals surface area (Å²) in [5.41, 5.74) is 4.02. The number of aromatic nitrogens is 2. The predicted molar refractivity (Wildman–Crippen MR) is 202 cm³/mol. The Labute approximate surface area is 314 Å². The first-order valence-electron chi connectivity index (χ1n) is 19.5. The van der Waals surface area contributed by atoms with Crippen molar-refractivity contribution in [2.75, 3.05) is 60.9 Å². The van der Waals surface area contributed by atoms with Crippen LogP contribution in [0, 0.1) is 5.92 Å². The zero-order chi connectivity index (χ0) is 36.9. The second kappa shape index (κ2) is 14.3. The van der Waals surface area contributed by atoms with Crippen LogP contribution in [0.1, 0.15) is 72.1 Å². The third kappa shape index (κ3) is 6.55. The van der Waals surface area contributed by atoms with Crippen molar-refractivity contribution in [2.45, 2.75) is 75.5 Å². The van der Waals surface area contributed by atoms with E-state index in [2.05, 4.69) is 46.9 Å². The van der Waals surface area contributed by atoms with Crippen molar-refractivity contribution in [3.63, 3.8) is 0 Å². The summed E-state index contributed by atoms with van der Waals surface area (Å²) in [6, 6.07) is 15.2. The van der Waals surface area contributed by atoms with Crippen LogP contribution in [0.3, 0.4) is 0 Å². The van der Waals surface area contributed by atoms with E-state index in [1.807, 2.05) is 24.3 Å². The molecular weight excluding hydrogens is 686 g/mol. The van der Waals surface area contributed by atoms with Gasteiger partial charge in [-0.1, -0.05) is 12.1 Å². The summed E-state index contributed by atoms with van der Waals surface area (Å²) >= 11 is 0. The number of hydrogen-bond acceptors (Lipinski definition) is 12. The maximum absolute atomic E-state index is 13.3. The molecule has 0 aliphatic carbocycles. The highest BCUT2D eigenvalue weighted by Crippen LogP contribution is 2.38. The maximum Gasteiger partial charge on any atom is 0.262 e. The predicted octanol–water partition coefficient (Wildman–Crippen LogP) is 2.98. The van der Waals surface area contributed by atoms with Crippen LogP contribution in [0.15, 0.2) is 48.5 Å². The topological polar surface area (TPSA) is 163 Å². The number of hydrogen-bond donors (Lipinski definition) is 4. The second-order valence-electron chi connectivity index (χ2n) is 15.8. The summed E-state index contributed by atoms with van der Waals surface area (Å²) in [6.45, 7) is 6.91. The fraction of sp³-hybridized carbons (Fsp3) is 0.500. The lowest BCUT2D eigenvalue weighted by molar-refractivity contribution is -0.136. The maximum atomic E-state index is 13.3. The van der Waals surface area contributed by atoms with Gasteiger partial charge in [0.25, 0.3) is 11.8 Å². The minimum absolute atomic E-state index is 0.107. The van der Waals surface area contributed by atoms with Crippen molar-refractivity contribution >= 4 is 40.8 Å². The molecule has 6 aliphatic heterocycles. The minimum atomic E-state index is -0.954. The summed E-state index contributed by atoms with van der Waals surface area (Å²) in [7, 11) is 0. The van der Waals surface area contributed by atoms with Crippen molar-refractivity contribution in [3.8, 4) is 17.0 Å². The highest BCUT2D eigenvalue weighted by molar-refractivity contribution is 6.23. The Bertz CT molecular complexity index is 1970. The summed E-state index contributed by atoms with van der Waals surface area (Å²) in [6.07, 6.45) is 6.87. The van der Waals surface area contributed by atoms with E-state index in [0.29, 0.717) is 46.4 Å². The van der Waals surface area contributed by atoms with Crippen molar-refractivity contribution < 1.29 is 24.3 Å². The van der Waals surface area contributed by atoms with Gasteiger partial charge in [0.1, 0.15) is 11.8 Å². The van der Waals surface area contributed by atoms with E-state index < -0.39 is 23.8 Å². The van der Waals surface area contributed by atoms with Gasteiger partial charge in [-0.2, -0.15) is 0 Å². The van der Waals surface area contributed by atoms with Gasteiger partial charge in [0.15, 0.2) is 5.82 Å². The van der Waals surface area contributed by atoms with Crippen LogP contribution in [0.25, 0.3) is 11.3 Å². The number of anilines is 3. The molecule has 2 aromatic carbocycles. The van der Waals surface area contributed by atoms with E-state index in [4.69, 9.17) is 0 Å².